The molecule has 1 fully saturated rings. The zero-order valence-electron chi connectivity index (χ0n) is 17.0. The summed E-state index contributed by atoms with van der Waals surface area (Å²) in [6.07, 6.45) is -0.169. The number of hydrogen-bond donors (Lipinski definition) is 1. The Hall–Kier alpha value is -2.33. The Balaban J connectivity index is 2.17. The van der Waals surface area contributed by atoms with Crippen LogP contribution in [0.5, 0.6) is 0 Å². The number of aryl methyl sites for hydroxylation is 2. The number of aliphatic hydroxyl groups excluding tert-OH is 1. The molecule has 0 atom stereocenters. The van der Waals surface area contributed by atoms with E-state index in [2.05, 4.69) is 0 Å². The van der Waals surface area contributed by atoms with E-state index in [0.717, 1.165) is 22.0 Å². The van der Waals surface area contributed by atoms with E-state index < -0.39 is 23.4 Å². The Kier molecular flexibility index (Phi) is 6.87. The standard InChI is InChI=1S/C20H25F2N3O4S/c1-3-13-15-17(27)24(4-2)20(29)25(9-5-6-14(21)22)19(15)30-16(13)18(28)23-10-7-12(26)8-11-23/h6,12,26H,3-5,7-11H2,1-2H3. The zero-order chi connectivity index (χ0) is 22.0. The molecule has 0 aromatic carbocycles. The quantitative estimate of drug-likeness (QED) is 0.747. The smallest absolute Gasteiger partial charge is 0.332 e. The van der Waals surface area contributed by atoms with Crippen molar-refractivity contribution in [2.24, 2.45) is 0 Å². The fourth-order valence-electron chi connectivity index (χ4n) is 3.82. The Morgan fingerprint density at radius 1 is 1.20 bits per heavy atom. The van der Waals surface area contributed by atoms with E-state index in [9.17, 15) is 28.3 Å². The van der Waals surface area contributed by atoms with Crippen molar-refractivity contribution in [3.05, 3.63) is 43.4 Å². The maximum absolute atomic E-state index is 13.2. The number of thiophene rings is 1. The predicted octanol–water partition coefficient (Wildman–Crippen LogP) is 2.57. The lowest BCUT2D eigenvalue weighted by atomic mass is 10.1. The molecule has 0 unspecified atom stereocenters. The number of fused-ring (bicyclic) bond motifs is 1. The van der Waals surface area contributed by atoms with Gasteiger partial charge < -0.3 is 10.0 Å². The molecule has 3 heterocycles. The van der Waals surface area contributed by atoms with Gasteiger partial charge in [-0.2, -0.15) is 8.78 Å². The lowest BCUT2D eigenvalue weighted by Gasteiger charge is -2.29. The topological polar surface area (TPSA) is 84.5 Å². The molecule has 30 heavy (non-hydrogen) atoms. The predicted molar refractivity (Wildman–Crippen MR) is 111 cm³/mol. The molecule has 1 aliphatic rings. The summed E-state index contributed by atoms with van der Waals surface area (Å²) >= 11 is 1.07. The molecule has 164 valence electrons. The normalized spacial score (nSPS) is 15.0. The summed E-state index contributed by atoms with van der Waals surface area (Å²) in [5, 5.41) is 10.0. The summed E-state index contributed by atoms with van der Waals surface area (Å²) in [5.41, 5.74) is -0.437. The van der Waals surface area contributed by atoms with E-state index in [0.29, 0.717) is 53.0 Å². The number of nitrogens with zero attached hydrogens (tertiary/aromatic N) is 3. The molecule has 2 aromatic rings. The van der Waals surface area contributed by atoms with Gasteiger partial charge in [0.25, 0.3) is 17.5 Å². The highest BCUT2D eigenvalue weighted by atomic mass is 32.1. The largest absolute Gasteiger partial charge is 0.393 e. The number of aliphatic hydroxyl groups is 1. The van der Waals surface area contributed by atoms with Crippen molar-refractivity contribution in [3.63, 3.8) is 0 Å². The molecule has 0 bridgehead atoms. The minimum Gasteiger partial charge on any atom is -0.393 e. The average Bonchev–Trinajstić information content (AvgIpc) is 3.10. The maximum Gasteiger partial charge on any atom is 0.332 e. The van der Waals surface area contributed by atoms with Crippen LogP contribution in [0.25, 0.3) is 10.2 Å². The summed E-state index contributed by atoms with van der Waals surface area (Å²) in [6, 6.07) is 0. The average molecular weight is 442 g/mol. The van der Waals surface area contributed by atoms with Gasteiger partial charge in [-0.25, -0.2) is 4.79 Å². The molecule has 1 aliphatic heterocycles. The third-order valence-corrected chi connectivity index (χ3v) is 6.66. The molecule has 0 saturated carbocycles. The first-order valence-corrected chi connectivity index (χ1v) is 10.9. The van der Waals surface area contributed by atoms with Crippen molar-refractivity contribution in [2.75, 3.05) is 13.1 Å². The SMILES string of the molecule is CCc1c(C(=O)N2CCC(O)CC2)sc2c1c(=O)n(CC)c(=O)n2CCC=C(F)F. The second kappa shape index (κ2) is 9.22. The molecule has 0 spiro atoms. The first kappa shape index (κ1) is 22.4. The van der Waals surface area contributed by atoms with Crippen LogP contribution in [0.4, 0.5) is 8.78 Å². The van der Waals surface area contributed by atoms with Crippen LogP contribution < -0.4 is 11.2 Å². The van der Waals surface area contributed by atoms with E-state index in [1.165, 1.54) is 4.57 Å². The van der Waals surface area contributed by atoms with Gasteiger partial charge >= 0.3 is 5.69 Å². The number of allylic oxidation sites excluding steroid dienone is 1. The number of amides is 1. The Morgan fingerprint density at radius 2 is 1.87 bits per heavy atom. The van der Waals surface area contributed by atoms with Gasteiger partial charge in [-0.1, -0.05) is 6.92 Å². The van der Waals surface area contributed by atoms with Gasteiger partial charge in [0, 0.05) is 26.2 Å². The number of piperidine rings is 1. The molecule has 2 aromatic heterocycles. The summed E-state index contributed by atoms with van der Waals surface area (Å²) in [7, 11) is 0. The number of aromatic nitrogens is 2. The lowest BCUT2D eigenvalue weighted by Crippen LogP contribution is -2.40. The Labute approximate surface area is 175 Å². The third-order valence-electron chi connectivity index (χ3n) is 5.42. The van der Waals surface area contributed by atoms with E-state index >= 15 is 0 Å². The van der Waals surface area contributed by atoms with Crippen molar-refractivity contribution in [2.45, 2.75) is 58.7 Å². The van der Waals surface area contributed by atoms with Crippen LogP contribution in [0.3, 0.4) is 0 Å². The summed E-state index contributed by atoms with van der Waals surface area (Å²) in [6.45, 7) is 4.48. The zero-order valence-corrected chi connectivity index (χ0v) is 17.8. The van der Waals surface area contributed by atoms with Crippen molar-refractivity contribution in [3.8, 4) is 0 Å². The van der Waals surface area contributed by atoms with E-state index in [-0.39, 0.29) is 25.4 Å². The molecular weight excluding hydrogens is 416 g/mol. The van der Waals surface area contributed by atoms with Crippen molar-refractivity contribution in [1.82, 2.24) is 14.0 Å². The maximum atomic E-state index is 13.2. The van der Waals surface area contributed by atoms with Crippen LogP contribution in [0, 0.1) is 0 Å². The highest BCUT2D eigenvalue weighted by Crippen LogP contribution is 2.31. The van der Waals surface area contributed by atoms with Crippen molar-refractivity contribution < 1.29 is 18.7 Å². The highest BCUT2D eigenvalue weighted by Gasteiger charge is 2.28. The number of likely N-dealkylation sites (tertiary alicyclic amines) is 1. The molecule has 7 nitrogen and oxygen atoms in total. The summed E-state index contributed by atoms with van der Waals surface area (Å²) < 4.78 is 27.4. The fraction of sp³-hybridized carbons (Fsp3) is 0.550. The lowest BCUT2D eigenvalue weighted by molar-refractivity contribution is 0.0550. The van der Waals surface area contributed by atoms with Crippen LogP contribution >= 0.6 is 11.3 Å². The van der Waals surface area contributed by atoms with Gasteiger partial charge in [-0.05, 0) is 44.2 Å². The molecule has 1 amide bonds. The van der Waals surface area contributed by atoms with Gasteiger partial charge in [0.1, 0.15) is 4.83 Å². The van der Waals surface area contributed by atoms with E-state index in [4.69, 9.17) is 0 Å². The van der Waals surface area contributed by atoms with Gasteiger partial charge in [0.15, 0.2) is 0 Å². The van der Waals surface area contributed by atoms with Crippen molar-refractivity contribution >= 4 is 27.5 Å². The summed E-state index contributed by atoms with van der Waals surface area (Å²) in [5.74, 6) is -0.226. The number of hydrogen-bond acceptors (Lipinski definition) is 5. The van der Waals surface area contributed by atoms with Gasteiger partial charge in [-0.15, -0.1) is 11.3 Å². The molecule has 10 heteroatoms. The molecule has 1 saturated heterocycles. The number of rotatable bonds is 6. The first-order chi connectivity index (χ1) is 14.3. The molecule has 1 N–H and O–H groups in total. The summed E-state index contributed by atoms with van der Waals surface area (Å²) in [4.78, 5) is 41.4. The van der Waals surface area contributed by atoms with E-state index in [1.54, 1.807) is 11.8 Å². The van der Waals surface area contributed by atoms with Gasteiger partial charge in [0.05, 0.1) is 16.4 Å². The third kappa shape index (κ3) is 4.11. The molecular formula is C20H25F2N3O4S. The fourth-order valence-corrected chi connectivity index (χ4v) is 5.19. The minimum atomic E-state index is -1.83. The van der Waals surface area contributed by atoms with Crippen molar-refractivity contribution in [1.29, 1.82) is 0 Å². The van der Waals surface area contributed by atoms with Crippen LogP contribution in [0.2, 0.25) is 0 Å². The highest BCUT2D eigenvalue weighted by molar-refractivity contribution is 7.20. The molecule has 3 rings (SSSR count). The van der Waals surface area contributed by atoms with E-state index in [1.807, 2.05) is 6.92 Å². The number of halogens is 2. The van der Waals surface area contributed by atoms with Gasteiger partial charge in [-0.3, -0.25) is 18.7 Å². The first-order valence-electron chi connectivity index (χ1n) is 10.1. The number of carbonyl (C=O) groups excluding carboxylic acids is 1. The second-order valence-electron chi connectivity index (χ2n) is 7.23. The van der Waals surface area contributed by atoms with Crippen LogP contribution in [-0.4, -0.2) is 44.2 Å². The molecule has 0 radical (unpaired) electrons. The van der Waals surface area contributed by atoms with Gasteiger partial charge in [0.2, 0.25) is 0 Å². The van der Waals surface area contributed by atoms with Crippen LogP contribution in [0.1, 0.15) is 48.3 Å². The Morgan fingerprint density at radius 3 is 2.43 bits per heavy atom. The molecule has 0 aliphatic carbocycles. The minimum absolute atomic E-state index is 0.0137. The van der Waals surface area contributed by atoms with Crippen LogP contribution in [0.15, 0.2) is 21.7 Å². The number of carbonyl (C=O) groups is 1. The Bertz CT molecular complexity index is 1090. The van der Waals surface area contributed by atoms with Crippen LogP contribution in [-0.2, 0) is 19.5 Å². The monoisotopic (exact) mass is 441 g/mol. The second-order valence-corrected chi connectivity index (χ2v) is 8.23.